The molecule has 0 bridgehead atoms. The molecule has 0 unspecified atom stereocenters. The molecule has 0 aliphatic heterocycles. The van der Waals surface area contributed by atoms with Crippen molar-refractivity contribution in [2.45, 2.75) is 26.4 Å². The molecule has 1 heterocycles. The van der Waals surface area contributed by atoms with Crippen LogP contribution in [0, 0.1) is 0 Å². The largest absolute Gasteiger partial charge is 0.457 e. The lowest BCUT2D eigenvalue weighted by atomic mass is 10.3. The number of rotatable bonds is 3. The van der Waals surface area contributed by atoms with Gasteiger partial charge in [-0.1, -0.05) is 0 Å². The van der Waals surface area contributed by atoms with Crippen LogP contribution >= 0.6 is 15.9 Å². The topological polar surface area (TPSA) is 16.4 Å². The molecule has 12 heavy (non-hydrogen) atoms. The highest BCUT2D eigenvalue weighted by molar-refractivity contribution is 9.10. The van der Waals surface area contributed by atoms with Crippen LogP contribution in [0.5, 0.6) is 0 Å². The normalized spacial score (nSPS) is 11.5. The van der Waals surface area contributed by atoms with E-state index in [0.717, 1.165) is 11.2 Å². The lowest BCUT2D eigenvalue weighted by Crippen LogP contribution is -2.25. The van der Waals surface area contributed by atoms with Crippen molar-refractivity contribution in [1.29, 1.82) is 0 Å². The van der Waals surface area contributed by atoms with Crippen LogP contribution in [0.2, 0.25) is 0 Å². The molecule has 0 saturated heterocycles. The maximum Gasteiger partial charge on any atom is 0.169 e. The zero-order valence-corrected chi connectivity index (χ0v) is 9.26. The summed E-state index contributed by atoms with van der Waals surface area (Å²) in [6, 6.07) is 2.57. The van der Waals surface area contributed by atoms with Gasteiger partial charge in [0.25, 0.3) is 0 Å². The Labute approximate surface area is 81.7 Å². The van der Waals surface area contributed by atoms with Crippen molar-refractivity contribution in [3.8, 4) is 0 Å². The standard InChI is InChI=1S/C9H14BrNO/c1-7(2)11(3)5-8-4-9(10)12-6-8/h4,6-7H,5H2,1-3H3. The lowest BCUT2D eigenvalue weighted by molar-refractivity contribution is 0.265. The lowest BCUT2D eigenvalue weighted by Gasteiger charge is -2.19. The summed E-state index contributed by atoms with van der Waals surface area (Å²) < 4.78 is 5.94. The number of hydrogen-bond donors (Lipinski definition) is 0. The third-order valence-electron chi connectivity index (χ3n) is 1.94. The van der Waals surface area contributed by atoms with E-state index in [9.17, 15) is 0 Å². The van der Waals surface area contributed by atoms with Gasteiger partial charge in [0.1, 0.15) is 0 Å². The molecule has 0 radical (unpaired) electrons. The van der Waals surface area contributed by atoms with Crippen LogP contribution in [0.4, 0.5) is 0 Å². The summed E-state index contributed by atoms with van der Waals surface area (Å²) in [5.41, 5.74) is 1.21. The summed E-state index contributed by atoms with van der Waals surface area (Å²) in [7, 11) is 2.10. The van der Waals surface area contributed by atoms with Crippen molar-refractivity contribution in [3.63, 3.8) is 0 Å². The third kappa shape index (κ3) is 2.64. The molecule has 0 aromatic carbocycles. The summed E-state index contributed by atoms with van der Waals surface area (Å²) in [4.78, 5) is 2.26. The molecule has 3 heteroatoms. The first-order valence-corrected chi connectivity index (χ1v) is 4.82. The van der Waals surface area contributed by atoms with E-state index in [1.54, 1.807) is 6.26 Å². The molecular formula is C9H14BrNO. The van der Waals surface area contributed by atoms with Gasteiger partial charge in [0, 0.05) is 18.2 Å². The Morgan fingerprint density at radius 3 is 2.67 bits per heavy atom. The highest BCUT2D eigenvalue weighted by Crippen LogP contribution is 2.15. The Hall–Kier alpha value is -0.280. The van der Waals surface area contributed by atoms with Crippen LogP contribution < -0.4 is 0 Å². The van der Waals surface area contributed by atoms with Crippen LogP contribution in [-0.4, -0.2) is 18.0 Å². The van der Waals surface area contributed by atoms with Crippen LogP contribution in [0.25, 0.3) is 0 Å². The second-order valence-electron chi connectivity index (χ2n) is 3.27. The van der Waals surface area contributed by atoms with Crippen molar-refractivity contribution in [3.05, 3.63) is 22.6 Å². The molecule has 68 valence electrons. The van der Waals surface area contributed by atoms with Crippen molar-refractivity contribution < 1.29 is 4.42 Å². The van der Waals surface area contributed by atoms with Gasteiger partial charge in [-0.3, -0.25) is 4.90 Å². The summed E-state index contributed by atoms with van der Waals surface area (Å²) in [5.74, 6) is 0. The molecule has 0 N–H and O–H groups in total. The monoisotopic (exact) mass is 231 g/mol. The highest BCUT2D eigenvalue weighted by atomic mass is 79.9. The molecule has 2 nitrogen and oxygen atoms in total. The van der Waals surface area contributed by atoms with E-state index in [4.69, 9.17) is 4.42 Å². The maximum absolute atomic E-state index is 5.14. The third-order valence-corrected chi connectivity index (χ3v) is 2.35. The predicted octanol–water partition coefficient (Wildman–Crippen LogP) is 2.88. The van der Waals surface area contributed by atoms with Gasteiger partial charge in [-0.05, 0) is 42.9 Å². The molecule has 0 atom stereocenters. The fraction of sp³-hybridized carbons (Fsp3) is 0.556. The molecule has 1 rings (SSSR count). The fourth-order valence-corrected chi connectivity index (χ4v) is 1.29. The van der Waals surface area contributed by atoms with Crippen molar-refractivity contribution >= 4 is 15.9 Å². The van der Waals surface area contributed by atoms with Gasteiger partial charge < -0.3 is 4.42 Å². The first kappa shape index (κ1) is 9.81. The van der Waals surface area contributed by atoms with Crippen molar-refractivity contribution in [2.75, 3.05) is 7.05 Å². The molecule has 0 aliphatic carbocycles. The Kier molecular flexibility index (Phi) is 3.35. The zero-order valence-electron chi connectivity index (χ0n) is 7.67. The van der Waals surface area contributed by atoms with E-state index in [1.807, 2.05) is 6.07 Å². The quantitative estimate of drug-likeness (QED) is 0.796. The minimum absolute atomic E-state index is 0.568. The average molecular weight is 232 g/mol. The Bertz CT molecular complexity index is 244. The van der Waals surface area contributed by atoms with E-state index in [0.29, 0.717) is 6.04 Å². The molecular weight excluding hydrogens is 218 g/mol. The Morgan fingerprint density at radius 1 is 1.58 bits per heavy atom. The van der Waals surface area contributed by atoms with Gasteiger partial charge in [0.05, 0.1) is 6.26 Å². The minimum Gasteiger partial charge on any atom is -0.457 e. The second kappa shape index (κ2) is 4.10. The van der Waals surface area contributed by atoms with Gasteiger partial charge in [-0.25, -0.2) is 0 Å². The smallest absolute Gasteiger partial charge is 0.169 e. The molecule has 0 spiro atoms. The Balaban J connectivity index is 2.52. The highest BCUT2D eigenvalue weighted by Gasteiger charge is 2.05. The Morgan fingerprint density at radius 2 is 2.25 bits per heavy atom. The summed E-state index contributed by atoms with van der Waals surface area (Å²) in [6.45, 7) is 5.29. The first-order chi connectivity index (χ1) is 5.59. The average Bonchev–Trinajstić information content (AvgIpc) is 2.35. The number of halogens is 1. The summed E-state index contributed by atoms with van der Waals surface area (Å²) >= 11 is 3.27. The van der Waals surface area contributed by atoms with Gasteiger partial charge in [-0.2, -0.15) is 0 Å². The van der Waals surface area contributed by atoms with Crippen LogP contribution in [0.15, 0.2) is 21.4 Å². The van der Waals surface area contributed by atoms with E-state index < -0.39 is 0 Å². The van der Waals surface area contributed by atoms with Crippen molar-refractivity contribution in [2.24, 2.45) is 0 Å². The van der Waals surface area contributed by atoms with Crippen LogP contribution in [0.3, 0.4) is 0 Å². The number of nitrogens with zero attached hydrogens (tertiary/aromatic N) is 1. The molecule has 0 saturated carbocycles. The van der Waals surface area contributed by atoms with E-state index >= 15 is 0 Å². The SMILES string of the molecule is CC(C)N(C)Cc1coc(Br)c1. The molecule has 0 aliphatic rings. The molecule has 0 fully saturated rings. The predicted molar refractivity (Wildman–Crippen MR) is 53.0 cm³/mol. The number of hydrogen-bond acceptors (Lipinski definition) is 2. The first-order valence-electron chi connectivity index (χ1n) is 4.02. The van der Waals surface area contributed by atoms with E-state index in [-0.39, 0.29) is 0 Å². The van der Waals surface area contributed by atoms with E-state index in [1.165, 1.54) is 5.56 Å². The van der Waals surface area contributed by atoms with Crippen LogP contribution in [0.1, 0.15) is 19.4 Å². The molecule has 1 aromatic heterocycles. The van der Waals surface area contributed by atoms with Crippen LogP contribution in [-0.2, 0) is 6.54 Å². The van der Waals surface area contributed by atoms with Gasteiger partial charge in [0.15, 0.2) is 4.67 Å². The van der Waals surface area contributed by atoms with E-state index in [2.05, 4.69) is 41.7 Å². The van der Waals surface area contributed by atoms with Gasteiger partial charge in [0.2, 0.25) is 0 Å². The summed E-state index contributed by atoms with van der Waals surface area (Å²) in [6.07, 6.45) is 1.78. The van der Waals surface area contributed by atoms with Gasteiger partial charge in [-0.15, -0.1) is 0 Å². The second-order valence-corrected chi connectivity index (χ2v) is 4.05. The molecule has 0 amide bonds. The number of furan rings is 1. The summed E-state index contributed by atoms with van der Waals surface area (Å²) in [5, 5.41) is 0. The zero-order chi connectivity index (χ0) is 9.14. The maximum atomic E-state index is 5.14. The fourth-order valence-electron chi connectivity index (χ4n) is 0.899. The van der Waals surface area contributed by atoms with Crippen molar-refractivity contribution in [1.82, 2.24) is 4.90 Å². The van der Waals surface area contributed by atoms with Gasteiger partial charge >= 0.3 is 0 Å². The minimum atomic E-state index is 0.568. The molecule has 1 aromatic rings.